The Kier molecular flexibility index (Phi) is 9.46. The zero-order valence-corrected chi connectivity index (χ0v) is 22.5. The third-order valence-electron chi connectivity index (χ3n) is 7.09. The van der Waals surface area contributed by atoms with Crippen LogP contribution in [0.5, 0.6) is 5.75 Å². The quantitative estimate of drug-likeness (QED) is 0.357. The van der Waals surface area contributed by atoms with Gasteiger partial charge in [0.1, 0.15) is 12.4 Å². The van der Waals surface area contributed by atoms with E-state index in [0.717, 1.165) is 30.9 Å². The molecule has 2 aliphatic rings. The van der Waals surface area contributed by atoms with Gasteiger partial charge < -0.3 is 19.7 Å². The number of likely N-dealkylation sites (N-methyl/N-ethyl adjacent to an activating group) is 1. The monoisotopic (exact) mass is 542 g/mol. The van der Waals surface area contributed by atoms with Crippen molar-refractivity contribution in [3.63, 3.8) is 0 Å². The van der Waals surface area contributed by atoms with E-state index in [1.54, 1.807) is 19.2 Å². The van der Waals surface area contributed by atoms with E-state index in [9.17, 15) is 19.7 Å². The van der Waals surface area contributed by atoms with Crippen LogP contribution in [-0.4, -0.2) is 78.4 Å². The Bertz CT molecular complexity index is 1110. The highest BCUT2D eigenvalue weighted by atomic mass is 32.2. The summed E-state index contributed by atoms with van der Waals surface area (Å²) < 4.78 is 10.4. The Morgan fingerprint density at radius 2 is 1.82 bits per heavy atom. The van der Waals surface area contributed by atoms with Crippen molar-refractivity contribution in [1.82, 2.24) is 15.1 Å². The van der Waals surface area contributed by atoms with Gasteiger partial charge in [-0.2, -0.15) is 11.8 Å². The maximum Gasteiger partial charge on any atom is 0.407 e. The molecule has 2 heterocycles. The lowest BCUT2D eigenvalue weighted by Gasteiger charge is -2.25. The molecule has 11 heteroatoms. The second-order valence-corrected chi connectivity index (χ2v) is 11.1. The number of hydrogen-bond acceptors (Lipinski definition) is 8. The third kappa shape index (κ3) is 7.38. The fourth-order valence-corrected chi connectivity index (χ4v) is 6.13. The minimum Gasteiger partial charge on any atom is -0.497 e. The molecule has 2 aliphatic heterocycles. The van der Waals surface area contributed by atoms with Crippen molar-refractivity contribution < 1.29 is 24.0 Å². The fourth-order valence-electron chi connectivity index (χ4n) is 4.85. The number of rotatable bonds is 10. The maximum atomic E-state index is 13.3. The molecular formula is C27H34N4O6S. The summed E-state index contributed by atoms with van der Waals surface area (Å²) in [7, 11) is 3.68. The number of nitro benzene ring substituents is 1. The number of amides is 2. The smallest absolute Gasteiger partial charge is 0.407 e. The Labute approximate surface area is 226 Å². The summed E-state index contributed by atoms with van der Waals surface area (Å²) in [6, 6.07) is 13.9. The number of nitrogens with one attached hydrogen (secondary N) is 1. The van der Waals surface area contributed by atoms with Gasteiger partial charge in [0.15, 0.2) is 0 Å². The van der Waals surface area contributed by atoms with E-state index >= 15 is 0 Å². The van der Waals surface area contributed by atoms with Crippen molar-refractivity contribution in [2.45, 2.75) is 36.5 Å². The second-order valence-electron chi connectivity index (χ2n) is 9.79. The Morgan fingerprint density at radius 1 is 1.11 bits per heavy atom. The minimum absolute atomic E-state index is 0.00910. The molecule has 0 saturated carbocycles. The Hall–Kier alpha value is -3.31. The number of methoxy groups -OCH3 is 1. The first-order valence-electron chi connectivity index (χ1n) is 12.7. The summed E-state index contributed by atoms with van der Waals surface area (Å²) in [5, 5.41) is 13.9. The van der Waals surface area contributed by atoms with Gasteiger partial charge in [0, 0.05) is 49.3 Å². The standard InChI is InChI=1S/C27H34N4O6S/c1-29-16-24(38-18-20-5-9-23(36-2)10-6-20)13-25(29)26(32)30-12-11-21(15-30)14-28-27(33)37-17-19-3-7-22(8-4-19)31(34)35/h3-10,21,24-25H,11-18H2,1-2H3,(H,28,33)/t21-,24-,25-/m0/s1. The highest BCUT2D eigenvalue weighted by Crippen LogP contribution is 2.31. The van der Waals surface area contributed by atoms with Crippen molar-refractivity contribution in [3.05, 3.63) is 69.8 Å². The van der Waals surface area contributed by atoms with Gasteiger partial charge in [-0.3, -0.25) is 19.8 Å². The van der Waals surface area contributed by atoms with Crippen LogP contribution in [0.3, 0.4) is 0 Å². The number of benzene rings is 2. The molecule has 10 nitrogen and oxygen atoms in total. The molecular weight excluding hydrogens is 508 g/mol. The summed E-state index contributed by atoms with van der Waals surface area (Å²) in [5.74, 6) is 2.10. The van der Waals surface area contributed by atoms with Crippen LogP contribution in [0.4, 0.5) is 10.5 Å². The summed E-state index contributed by atoms with van der Waals surface area (Å²) in [5.41, 5.74) is 1.91. The number of nitro groups is 1. The van der Waals surface area contributed by atoms with Gasteiger partial charge in [-0.15, -0.1) is 0 Å². The van der Waals surface area contributed by atoms with Gasteiger partial charge >= 0.3 is 6.09 Å². The van der Waals surface area contributed by atoms with E-state index < -0.39 is 11.0 Å². The van der Waals surface area contributed by atoms with Gasteiger partial charge in [-0.05, 0) is 61.2 Å². The summed E-state index contributed by atoms with van der Waals surface area (Å²) >= 11 is 1.89. The third-order valence-corrected chi connectivity index (χ3v) is 8.40. The lowest BCUT2D eigenvalue weighted by Crippen LogP contribution is -2.43. The van der Waals surface area contributed by atoms with Gasteiger partial charge in [0.25, 0.3) is 5.69 Å². The molecule has 3 atom stereocenters. The molecule has 38 heavy (non-hydrogen) atoms. The van der Waals surface area contributed by atoms with Crippen LogP contribution >= 0.6 is 11.8 Å². The molecule has 0 bridgehead atoms. The number of non-ortho nitro benzene ring substituents is 1. The van der Waals surface area contributed by atoms with E-state index in [1.807, 2.05) is 35.8 Å². The van der Waals surface area contributed by atoms with Gasteiger partial charge in [-0.25, -0.2) is 4.79 Å². The van der Waals surface area contributed by atoms with Gasteiger partial charge in [0.2, 0.25) is 5.91 Å². The van der Waals surface area contributed by atoms with Gasteiger partial charge in [0.05, 0.1) is 18.1 Å². The molecule has 2 fully saturated rings. The molecule has 2 amide bonds. The van der Waals surface area contributed by atoms with E-state index in [-0.39, 0.29) is 30.2 Å². The van der Waals surface area contributed by atoms with Crippen molar-refractivity contribution >= 4 is 29.4 Å². The molecule has 0 unspecified atom stereocenters. The van der Waals surface area contributed by atoms with Crippen molar-refractivity contribution in [3.8, 4) is 5.75 Å². The number of carbonyl (C=O) groups excluding carboxylic acids is 2. The molecule has 2 saturated heterocycles. The average Bonchev–Trinajstić information content (AvgIpc) is 3.56. The van der Waals surface area contributed by atoms with Crippen molar-refractivity contribution in [1.29, 1.82) is 0 Å². The minimum atomic E-state index is -0.541. The average molecular weight is 543 g/mol. The lowest BCUT2D eigenvalue weighted by atomic mass is 10.1. The zero-order valence-electron chi connectivity index (χ0n) is 21.7. The predicted molar refractivity (Wildman–Crippen MR) is 145 cm³/mol. The van der Waals surface area contributed by atoms with E-state index in [1.165, 1.54) is 17.7 Å². The summed E-state index contributed by atoms with van der Waals surface area (Å²) in [6.07, 6.45) is 1.13. The number of carbonyl (C=O) groups is 2. The highest BCUT2D eigenvalue weighted by molar-refractivity contribution is 7.99. The van der Waals surface area contributed by atoms with E-state index in [2.05, 4.69) is 22.3 Å². The van der Waals surface area contributed by atoms with Crippen LogP contribution in [-0.2, 0) is 21.9 Å². The first-order valence-corrected chi connectivity index (χ1v) is 13.7. The molecule has 0 radical (unpaired) electrons. The molecule has 2 aromatic carbocycles. The molecule has 1 N–H and O–H groups in total. The highest BCUT2D eigenvalue weighted by Gasteiger charge is 2.39. The molecule has 0 aliphatic carbocycles. The first kappa shape index (κ1) is 27.7. The van der Waals surface area contributed by atoms with E-state index in [4.69, 9.17) is 9.47 Å². The second kappa shape index (κ2) is 13.0. The number of likely N-dealkylation sites (tertiary alicyclic amines) is 2. The predicted octanol–water partition coefficient (Wildman–Crippen LogP) is 3.68. The largest absolute Gasteiger partial charge is 0.497 e. The van der Waals surface area contributed by atoms with Crippen LogP contribution in [0.2, 0.25) is 0 Å². The number of thioether (sulfide) groups is 1. The number of hydrogen-bond donors (Lipinski definition) is 1. The maximum absolute atomic E-state index is 13.3. The first-order chi connectivity index (χ1) is 18.3. The molecule has 204 valence electrons. The van der Waals surface area contributed by atoms with Crippen molar-refractivity contribution in [2.75, 3.05) is 40.3 Å². The normalized spacial score (nSPS) is 21.3. The molecule has 2 aromatic rings. The number of ether oxygens (including phenoxy) is 2. The van der Waals surface area contributed by atoms with Crippen LogP contribution in [0, 0.1) is 16.0 Å². The van der Waals surface area contributed by atoms with Crippen LogP contribution < -0.4 is 10.1 Å². The SMILES string of the molecule is COc1ccc(CS[C@H]2C[C@@H](C(=O)N3CC[C@@H](CNC(=O)OCc4ccc([N+](=O)[O-])cc4)C3)N(C)C2)cc1. The molecule has 0 spiro atoms. The topological polar surface area (TPSA) is 114 Å². The number of alkyl carbamates (subject to hydrolysis) is 1. The van der Waals surface area contributed by atoms with Crippen molar-refractivity contribution in [2.24, 2.45) is 5.92 Å². The molecule has 0 aromatic heterocycles. The van der Waals surface area contributed by atoms with Crippen LogP contribution in [0.1, 0.15) is 24.0 Å². The van der Waals surface area contributed by atoms with Crippen LogP contribution in [0.15, 0.2) is 48.5 Å². The van der Waals surface area contributed by atoms with E-state index in [0.29, 0.717) is 30.4 Å². The number of nitrogens with zero attached hydrogens (tertiary/aromatic N) is 3. The zero-order chi connectivity index (χ0) is 27.1. The fraction of sp³-hybridized carbons (Fsp3) is 0.481. The Balaban J connectivity index is 1.16. The molecule has 4 rings (SSSR count). The lowest BCUT2D eigenvalue weighted by molar-refractivity contribution is -0.384. The summed E-state index contributed by atoms with van der Waals surface area (Å²) in [4.78, 5) is 39.7. The van der Waals surface area contributed by atoms with Crippen LogP contribution in [0.25, 0.3) is 0 Å². The summed E-state index contributed by atoms with van der Waals surface area (Å²) in [6.45, 7) is 2.66. The Morgan fingerprint density at radius 3 is 2.50 bits per heavy atom. The van der Waals surface area contributed by atoms with Gasteiger partial charge in [-0.1, -0.05) is 12.1 Å².